The lowest BCUT2D eigenvalue weighted by molar-refractivity contribution is -0.385. The molecule has 0 radical (unpaired) electrons. The summed E-state index contributed by atoms with van der Waals surface area (Å²) in [6, 6.07) is 4.16. The molecule has 1 aromatic heterocycles. The molecule has 2 aromatic rings. The fourth-order valence-corrected chi connectivity index (χ4v) is 1.83. The van der Waals surface area contributed by atoms with Crippen molar-refractivity contribution in [1.29, 1.82) is 0 Å². The van der Waals surface area contributed by atoms with Crippen molar-refractivity contribution in [3.05, 3.63) is 39.4 Å². The van der Waals surface area contributed by atoms with Gasteiger partial charge in [-0.1, -0.05) is 12.0 Å². The normalized spacial score (nSPS) is 10.4. The van der Waals surface area contributed by atoms with Gasteiger partial charge in [-0.2, -0.15) is 0 Å². The van der Waals surface area contributed by atoms with Crippen molar-refractivity contribution in [3.8, 4) is 0 Å². The third-order valence-electron chi connectivity index (χ3n) is 2.85. The van der Waals surface area contributed by atoms with Crippen LogP contribution in [-0.2, 0) is 6.54 Å². The first-order valence-electron chi connectivity index (χ1n) is 6.35. The summed E-state index contributed by atoms with van der Waals surface area (Å²) in [5.74, 6) is -0.169. The van der Waals surface area contributed by atoms with Crippen LogP contribution in [-0.4, -0.2) is 31.0 Å². The van der Waals surface area contributed by atoms with Gasteiger partial charge < -0.3 is 0 Å². The van der Waals surface area contributed by atoms with Crippen LogP contribution in [0.5, 0.6) is 0 Å². The first kappa shape index (κ1) is 14.6. The number of nitrogens with zero attached hydrogens (tertiary/aromatic N) is 5. The molecule has 1 aromatic carbocycles. The van der Waals surface area contributed by atoms with Crippen LogP contribution in [0.1, 0.15) is 29.3 Å². The van der Waals surface area contributed by atoms with Gasteiger partial charge in [0.2, 0.25) is 5.95 Å². The van der Waals surface area contributed by atoms with E-state index in [9.17, 15) is 14.9 Å². The van der Waals surface area contributed by atoms with Crippen LogP contribution in [0.2, 0.25) is 0 Å². The lowest BCUT2D eigenvalue weighted by atomic mass is 10.1. The molecule has 0 aliphatic heterocycles. The van der Waals surface area contributed by atoms with Gasteiger partial charge in [-0.05, 0) is 35.9 Å². The molecule has 0 saturated heterocycles. The average molecular weight is 290 g/mol. The molecular weight excluding hydrogens is 276 g/mol. The maximum atomic E-state index is 12.1. The highest BCUT2D eigenvalue weighted by molar-refractivity contribution is 6.03. The predicted molar refractivity (Wildman–Crippen MR) is 73.9 cm³/mol. The Hall–Kier alpha value is -2.84. The molecule has 110 valence electrons. The van der Waals surface area contributed by atoms with Gasteiger partial charge in [0.05, 0.1) is 4.92 Å². The Morgan fingerprint density at radius 3 is 2.86 bits per heavy atom. The summed E-state index contributed by atoms with van der Waals surface area (Å²) in [6.45, 7) is 4.13. The summed E-state index contributed by atoms with van der Waals surface area (Å²) in [5, 5.41) is 24.3. The third-order valence-corrected chi connectivity index (χ3v) is 2.85. The number of nitrogens with one attached hydrogen (secondary N) is 1. The van der Waals surface area contributed by atoms with Crippen LogP contribution in [0.15, 0.2) is 18.2 Å². The molecule has 0 aliphatic rings. The summed E-state index contributed by atoms with van der Waals surface area (Å²) in [7, 11) is 0. The van der Waals surface area contributed by atoms with Gasteiger partial charge in [0, 0.05) is 23.7 Å². The second kappa shape index (κ2) is 6.07. The number of hydrogen-bond acceptors (Lipinski definition) is 6. The number of nitro benzene ring substituents is 1. The topological polar surface area (TPSA) is 116 Å². The fraction of sp³-hybridized carbons (Fsp3) is 0.333. The van der Waals surface area contributed by atoms with E-state index < -0.39 is 10.8 Å². The molecule has 0 fully saturated rings. The molecule has 1 N–H and O–H groups in total. The number of aromatic nitrogens is 4. The van der Waals surface area contributed by atoms with Crippen molar-refractivity contribution in [2.75, 3.05) is 5.32 Å². The Morgan fingerprint density at radius 2 is 2.24 bits per heavy atom. The molecule has 21 heavy (non-hydrogen) atoms. The van der Waals surface area contributed by atoms with Crippen molar-refractivity contribution in [3.63, 3.8) is 0 Å². The smallest absolute Gasteiger partial charge is 0.272 e. The minimum Gasteiger partial charge on any atom is -0.289 e. The van der Waals surface area contributed by atoms with E-state index in [2.05, 4.69) is 20.8 Å². The monoisotopic (exact) mass is 290 g/mol. The minimum absolute atomic E-state index is 0.0256. The summed E-state index contributed by atoms with van der Waals surface area (Å²) in [6.07, 6.45) is 0.824. The van der Waals surface area contributed by atoms with Crippen LogP contribution in [0, 0.1) is 17.0 Å². The molecule has 9 nitrogen and oxygen atoms in total. The Morgan fingerprint density at radius 1 is 1.48 bits per heavy atom. The van der Waals surface area contributed by atoms with Crippen LogP contribution in [0.3, 0.4) is 0 Å². The Bertz CT molecular complexity index is 681. The summed E-state index contributed by atoms with van der Waals surface area (Å²) >= 11 is 0. The number of carbonyl (C=O) groups excluding carboxylic acids is 1. The summed E-state index contributed by atoms with van der Waals surface area (Å²) < 4.78 is 1.48. The number of benzene rings is 1. The van der Waals surface area contributed by atoms with Gasteiger partial charge in [-0.3, -0.25) is 20.2 Å². The van der Waals surface area contributed by atoms with E-state index in [4.69, 9.17) is 0 Å². The molecule has 9 heteroatoms. The van der Waals surface area contributed by atoms with Gasteiger partial charge in [0.25, 0.3) is 11.6 Å². The van der Waals surface area contributed by atoms with Crippen molar-refractivity contribution >= 4 is 17.5 Å². The quantitative estimate of drug-likeness (QED) is 0.659. The molecule has 0 spiro atoms. The van der Waals surface area contributed by atoms with E-state index in [1.807, 2.05) is 6.92 Å². The van der Waals surface area contributed by atoms with Crippen molar-refractivity contribution in [2.24, 2.45) is 0 Å². The second-order valence-corrected chi connectivity index (χ2v) is 4.44. The molecule has 0 saturated carbocycles. The maximum absolute atomic E-state index is 12.1. The number of anilines is 1. The highest BCUT2D eigenvalue weighted by Gasteiger charge is 2.15. The van der Waals surface area contributed by atoms with E-state index in [-0.39, 0.29) is 11.6 Å². The Kier molecular flexibility index (Phi) is 4.21. The van der Waals surface area contributed by atoms with Gasteiger partial charge in [-0.25, -0.2) is 4.68 Å². The number of hydrogen-bond donors (Lipinski definition) is 1. The zero-order chi connectivity index (χ0) is 15.4. The molecule has 2 rings (SSSR count). The lowest BCUT2D eigenvalue weighted by Crippen LogP contribution is -2.16. The van der Waals surface area contributed by atoms with E-state index in [0.717, 1.165) is 6.42 Å². The number of aryl methyl sites for hydroxylation is 2. The minimum atomic E-state index is -0.487. The van der Waals surface area contributed by atoms with E-state index in [1.54, 1.807) is 6.92 Å². The largest absolute Gasteiger partial charge is 0.289 e. The molecule has 0 aliphatic carbocycles. The molecule has 0 bridgehead atoms. The highest BCUT2D eigenvalue weighted by atomic mass is 16.6. The van der Waals surface area contributed by atoms with Crippen molar-refractivity contribution in [2.45, 2.75) is 26.8 Å². The standard InChI is InChI=1S/C12H14N6O3/c1-3-6-17-12(14-15-16-17)13-11(19)9-4-5-10(18(20)21)8(2)7-9/h4-5,7H,3,6H2,1-2H3,(H,13,14,16,19). The van der Waals surface area contributed by atoms with E-state index in [0.29, 0.717) is 17.7 Å². The number of rotatable bonds is 5. The van der Waals surface area contributed by atoms with Crippen molar-refractivity contribution < 1.29 is 9.72 Å². The maximum Gasteiger partial charge on any atom is 0.272 e. The predicted octanol–water partition coefficient (Wildman–Crippen LogP) is 1.55. The van der Waals surface area contributed by atoms with Gasteiger partial charge in [0.1, 0.15) is 0 Å². The van der Waals surface area contributed by atoms with Crippen molar-refractivity contribution in [1.82, 2.24) is 20.2 Å². The summed E-state index contributed by atoms with van der Waals surface area (Å²) in [4.78, 5) is 22.4. The zero-order valence-corrected chi connectivity index (χ0v) is 11.6. The number of carbonyl (C=O) groups is 1. The number of amides is 1. The average Bonchev–Trinajstić information content (AvgIpc) is 2.86. The molecule has 1 amide bonds. The van der Waals surface area contributed by atoms with Crippen LogP contribution in [0.25, 0.3) is 0 Å². The van der Waals surface area contributed by atoms with E-state index >= 15 is 0 Å². The molecule has 1 heterocycles. The fourth-order valence-electron chi connectivity index (χ4n) is 1.83. The van der Waals surface area contributed by atoms with Crippen LogP contribution in [0.4, 0.5) is 11.6 Å². The summed E-state index contributed by atoms with van der Waals surface area (Å²) in [5.41, 5.74) is 0.701. The number of nitro groups is 1. The van der Waals surface area contributed by atoms with Crippen LogP contribution >= 0.6 is 0 Å². The Balaban J connectivity index is 2.19. The van der Waals surface area contributed by atoms with E-state index in [1.165, 1.54) is 22.9 Å². The van der Waals surface area contributed by atoms with Gasteiger partial charge in [-0.15, -0.1) is 0 Å². The van der Waals surface area contributed by atoms with Gasteiger partial charge >= 0.3 is 0 Å². The first-order chi connectivity index (χ1) is 10.0. The first-order valence-corrected chi connectivity index (χ1v) is 6.35. The third kappa shape index (κ3) is 3.19. The Labute approximate surface area is 120 Å². The molecule has 0 atom stereocenters. The SMILES string of the molecule is CCCn1nnnc1NC(=O)c1ccc([N+](=O)[O-])c(C)c1. The second-order valence-electron chi connectivity index (χ2n) is 4.44. The zero-order valence-electron chi connectivity index (χ0n) is 11.6. The van der Waals surface area contributed by atoms with Gasteiger partial charge in [0.15, 0.2) is 0 Å². The van der Waals surface area contributed by atoms with Crippen LogP contribution < -0.4 is 5.32 Å². The highest BCUT2D eigenvalue weighted by Crippen LogP contribution is 2.19. The molecular formula is C12H14N6O3. The number of tetrazole rings is 1. The molecule has 0 unspecified atom stereocenters. The lowest BCUT2D eigenvalue weighted by Gasteiger charge is -2.06.